The molecular formula is C21H26N2O4. The first-order valence-electron chi connectivity index (χ1n) is 9.10. The van der Waals surface area contributed by atoms with Gasteiger partial charge in [0.2, 0.25) is 0 Å². The van der Waals surface area contributed by atoms with E-state index < -0.39 is 0 Å². The summed E-state index contributed by atoms with van der Waals surface area (Å²) in [5.74, 6) is 1.03. The minimum Gasteiger partial charge on any atom is -0.493 e. The maximum absolute atomic E-state index is 12.4. The third-order valence-corrected chi connectivity index (χ3v) is 4.68. The zero-order valence-electron chi connectivity index (χ0n) is 15.8. The first-order chi connectivity index (χ1) is 13.2. The lowest BCUT2D eigenvalue weighted by molar-refractivity contribution is -0.0293. The van der Waals surface area contributed by atoms with Gasteiger partial charge in [0.25, 0.3) is 5.91 Å². The van der Waals surface area contributed by atoms with Crippen molar-refractivity contribution in [3.63, 3.8) is 0 Å². The minimum atomic E-state index is -0.121. The maximum Gasteiger partial charge on any atom is 0.251 e. The van der Waals surface area contributed by atoms with E-state index in [-0.39, 0.29) is 12.0 Å². The molecule has 0 saturated carbocycles. The highest BCUT2D eigenvalue weighted by atomic mass is 16.5. The first-order valence-corrected chi connectivity index (χ1v) is 9.10. The summed E-state index contributed by atoms with van der Waals surface area (Å²) in [6.07, 6.45) is 0.0847. The Hall–Kier alpha value is -2.57. The molecule has 1 saturated heterocycles. The molecule has 2 aromatic carbocycles. The van der Waals surface area contributed by atoms with Gasteiger partial charge in [-0.3, -0.25) is 9.69 Å². The smallest absolute Gasteiger partial charge is 0.251 e. The molecule has 144 valence electrons. The zero-order chi connectivity index (χ0) is 19.1. The zero-order valence-corrected chi connectivity index (χ0v) is 15.8. The summed E-state index contributed by atoms with van der Waals surface area (Å²) in [6.45, 7) is 3.76. The Bertz CT molecular complexity index is 751. The third kappa shape index (κ3) is 4.99. The number of nitrogens with zero attached hydrogens (tertiary/aromatic N) is 1. The second-order valence-corrected chi connectivity index (χ2v) is 6.40. The van der Waals surface area contributed by atoms with Crippen molar-refractivity contribution in [1.82, 2.24) is 10.2 Å². The van der Waals surface area contributed by atoms with E-state index in [2.05, 4.69) is 22.3 Å². The number of carbonyl (C=O) groups is 1. The van der Waals surface area contributed by atoms with Crippen LogP contribution in [0.4, 0.5) is 0 Å². The molecule has 1 fully saturated rings. The molecule has 1 aliphatic rings. The van der Waals surface area contributed by atoms with Gasteiger partial charge in [-0.05, 0) is 23.8 Å². The van der Waals surface area contributed by atoms with Gasteiger partial charge in [0.15, 0.2) is 11.5 Å². The van der Waals surface area contributed by atoms with Crippen molar-refractivity contribution in [3.8, 4) is 11.5 Å². The van der Waals surface area contributed by atoms with Gasteiger partial charge < -0.3 is 19.5 Å². The van der Waals surface area contributed by atoms with Crippen LogP contribution in [0, 0.1) is 0 Å². The van der Waals surface area contributed by atoms with E-state index in [4.69, 9.17) is 14.2 Å². The van der Waals surface area contributed by atoms with E-state index in [1.165, 1.54) is 5.56 Å². The van der Waals surface area contributed by atoms with E-state index in [9.17, 15) is 4.79 Å². The number of morpholine rings is 1. The van der Waals surface area contributed by atoms with Gasteiger partial charge >= 0.3 is 0 Å². The third-order valence-electron chi connectivity index (χ3n) is 4.68. The van der Waals surface area contributed by atoms with Crippen LogP contribution in [-0.2, 0) is 4.74 Å². The normalized spacial score (nSPS) is 17.3. The molecule has 1 aliphatic heterocycles. The second-order valence-electron chi connectivity index (χ2n) is 6.40. The number of carbonyl (C=O) groups excluding carboxylic acids is 1. The molecule has 1 amide bonds. The molecule has 0 spiro atoms. The van der Waals surface area contributed by atoms with Crippen molar-refractivity contribution in [3.05, 3.63) is 59.7 Å². The quantitative estimate of drug-likeness (QED) is 0.812. The lowest BCUT2D eigenvalue weighted by Crippen LogP contribution is -2.42. The Labute approximate surface area is 160 Å². The Morgan fingerprint density at radius 2 is 1.93 bits per heavy atom. The highest BCUT2D eigenvalue weighted by molar-refractivity contribution is 5.94. The molecule has 0 unspecified atom stereocenters. The number of amides is 1. The van der Waals surface area contributed by atoms with Gasteiger partial charge in [0.1, 0.15) is 0 Å². The summed E-state index contributed by atoms with van der Waals surface area (Å²) < 4.78 is 16.3. The Balaban J connectivity index is 1.50. The molecular weight excluding hydrogens is 344 g/mol. The Kier molecular flexibility index (Phi) is 6.68. The second kappa shape index (κ2) is 9.39. The lowest BCUT2D eigenvalue weighted by Gasteiger charge is -2.33. The standard InChI is InChI=1S/C21H26N2O4/c1-25-18-9-8-17(14-19(18)26-2)21(24)22-10-11-23-12-13-27-20(15-23)16-6-4-3-5-7-16/h3-9,14,20H,10-13,15H2,1-2H3,(H,22,24)/t20-/m1/s1. The fourth-order valence-corrected chi connectivity index (χ4v) is 3.18. The van der Waals surface area contributed by atoms with E-state index in [1.54, 1.807) is 32.4 Å². The van der Waals surface area contributed by atoms with Crippen LogP contribution < -0.4 is 14.8 Å². The lowest BCUT2D eigenvalue weighted by atomic mass is 10.1. The molecule has 1 heterocycles. The number of hydrogen-bond acceptors (Lipinski definition) is 5. The van der Waals surface area contributed by atoms with Crippen molar-refractivity contribution >= 4 is 5.91 Å². The van der Waals surface area contributed by atoms with Crippen molar-refractivity contribution < 1.29 is 19.0 Å². The van der Waals surface area contributed by atoms with E-state index >= 15 is 0 Å². The summed E-state index contributed by atoms with van der Waals surface area (Å²) in [4.78, 5) is 14.7. The highest BCUT2D eigenvalue weighted by Crippen LogP contribution is 2.27. The average molecular weight is 370 g/mol. The Morgan fingerprint density at radius 3 is 2.67 bits per heavy atom. The number of rotatable bonds is 7. The van der Waals surface area contributed by atoms with Gasteiger partial charge in [-0.1, -0.05) is 30.3 Å². The molecule has 0 aliphatic carbocycles. The molecule has 0 aromatic heterocycles. The maximum atomic E-state index is 12.4. The fourth-order valence-electron chi connectivity index (χ4n) is 3.18. The molecule has 2 aromatic rings. The van der Waals surface area contributed by atoms with Crippen LogP contribution >= 0.6 is 0 Å². The largest absolute Gasteiger partial charge is 0.493 e. The molecule has 6 nitrogen and oxygen atoms in total. The molecule has 6 heteroatoms. The van der Waals surface area contributed by atoms with E-state index in [0.717, 1.165) is 19.6 Å². The molecule has 1 atom stereocenters. The van der Waals surface area contributed by atoms with E-state index in [1.807, 2.05) is 18.2 Å². The van der Waals surface area contributed by atoms with Crippen LogP contribution in [0.1, 0.15) is 22.0 Å². The van der Waals surface area contributed by atoms with Crippen LogP contribution in [0.2, 0.25) is 0 Å². The van der Waals surface area contributed by atoms with Crippen LogP contribution in [0.3, 0.4) is 0 Å². The molecule has 0 bridgehead atoms. The van der Waals surface area contributed by atoms with Crippen LogP contribution in [0.15, 0.2) is 48.5 Å². The van der Waals surface area contributed by atoms with Crippen molar-refractivity contribution in [2.45, 2.75) is 6.10 Å². The fraction of sp³-hybridized carbons (Fsp3) is 0.381. The van der Waals surface area contributed by atoms with Crippen LogP contribution in [0.25, 0.3) is 0 Å². The van der Waals surface area contributed by atoms with Gasteiger partial charge in [-0.15, -0.1) is 0 Å². The summed E-state index contributed by atoms with van der Waals surface area (Å²) in [6, 6.07) is 15.4. The predicted octanol–water partition coefficient (Wildman–Crippen LogP) is 2.51. The number of hydrogen-bond donors (Lipinski definition) is 1. The van der Waals surface area contributed by atoms with Crippen LogP contribution in [0.5, 0.6) is 11.5 Å². The summed E-state index contributed by atoms with van der Waals surface area (Å²) >= 11 is 0. The monoisotopic (exact) mass is 370 g/mol. The first kappa shape index (κ1) is 19.2. The number of methoxy groups -OCH3 is 2. The summed E-state index contributed by atoms with van der Waals surface area (Å²) in [7, 11) is 3.13. The van der Waals surface area contributed by atoms with Crippen LogP contribution in [-0.4, -0.2) is 57.8 Å². The predicted molar refractivity (Wildman–Crippen MR) is 103 cm³/mol. The van der Waals surface area contributed by atoms with E-state index in [0.29, 0.717) is 30.2 Å². The van der Waals surface area contributed by atoms with Gasteiger partial charge in [-0.25, -0.2) is 0 Å². The number of ether oxygens (including phenoxy) is 3. The molecule has 27 heavy (non-hydrogen) atoms. The van der Waals surface area contributed by atoms with Gasteiger partial charge in [0, 0.05) is 31.7 Å². The highest BCUT2D eigenvalue weighted by Gasteiger charge is 2.21. The molecule has 3 rings (SSSR count). The number of benzene rings is 2. The average Bonchev–Trinajstić information content (AvgIpc) is 2.74. The summed E-state index contributed by atoms with van der Waals surface area (Å²) in [5, 5.41) is 2.97. The number of nitrogens with one attached hydrogen (secondary N) is 1. The Morgan fingerprint density at radius 1 is 1.15 bits per heavy atom. The van der Waals surface area contributed by atoms with Crippen molar-refractivity contribution in [1.29, 1.82) is 0 Å². The van der Waals surface area contributed by atoms with Crippen molar-refractivity contribution in [2.24, 2.45) is 0 Å². The minimum absolute atomic E-state index is 0.0847. The summed E-state index contributed by atoms with van der Waals surface area (Å²) in [5.41, 5.74) is 1.74. The van der Waals surface area contributed by atoms with Crippen molar-refractivity contribution in [2.75, 3.05) is 47.0 Å². The molecule has 1 N–H and O–H groups in total. The SMILES string of the molecule is COc1ccc(C(=O)NCCN2CCO[C@@H](c3ccccc3)C2)cc1OC. The molecule has 0 radical (unpaired) electrons. The van der Waals surface area contributed by atoms with Gasteiger partial charge in [0.05, 0.1) is 26.9 Å². The van der Waals surface area contributed by atoms with Gasteiger partial charge in [-0.2, -0.15) is 0 Å². The topological polar surface area (TPSA) is 60.0 Å².